The lowest BCUT2D eigenvalue weighted by Crippen LogP contribution is -2.48. The van der Waals surface area contributed by atoms with Gasteiger partial charge in [-0.15, -0.1) is 0 Å². The molecule has 2 aromatic carbocycles. The topological polar surface area (TPSA) is 76.7 Å². The highest BCUT2D eigenvalue weighted by Gasteiger charge is 2.36. The van der Waals surface area contributed by atoms with Crippen LogP contribution in [0.25, 0.3) is 0 Å². The molecule has 27 heavy (non-hydrogen) atoms. The molecule has 2 N–H and O–H groups in total. The first-order valence-corrected chi connectivity index (χ1v) is 9.08. The van der Waals surface area contributed by atoms with Crippen molar-refractivity contribution in [3.63, 3.8) is 0 Å². The van der Waals surface area contributed by atoms with Gasteiger partial charge in [-0.05, 0) is 24.6 Å². The van der Waals surface area contributed by atoms with Crippen molar-refractivity contribution in [3.8, 4) is 5.75 Å². The normalized spacial score (nSPS) is 21.0. The van der Waals surface area contributed by atoms with Crippen molar-refractivity contribution >= 4 is 11.8 Å². The monoisotopic (exact) mass is 366 g/mol. The lowest BCUT2D eigenvalue weighted by molar-refractivity contribution is -0.00346. The number of carbonyl (C=O) groups is 2. The fraction of sp³-hybridized carbons (Fsp3) is 0.333. The largest absolute Gasteiger partial charge is 0.489 e. The summed E-state index contributed by atoms with van der Waals surface area (Å²) < 4.78 is 11.2. The maximum Gasteiger partial charge on any atom is 0.254 e. The van der Waals surface area contributed by atoms with Crippen LogP contribution in [0.15, 0.2) is 42.5 Å². The molecule has 4 rings (SSSR count). The number of carbonyl (C=O) groups excluding carboxylic acids is 2. The van der Waals surface area contributed by atoms with Gasteiger partial charge < -0.3 is 20.1 Å². The molecule has 0 radical (unpaired) electrons. The Hall–Kier alpha value is -2.86. The highest BCUT2D eigenvalue weighted by atomic mass is 16.5. The van der Waals surface area contributed by atoms with Crippen LogP contribution in [0.4, 0.5) is 0 Å². The molecule has 6 nitrogen and oxygen atoms in total. The third-order valence-electron chi connectivity index (χ3n) is 5.09. The SMILES string of the molecule is CNC(=O)c1cc(C(=O)NC2COC2)cc2c1OC(C)[C@H]2c1ccccc1. The second-order valence-corrected chi connectivity index (χ2v) is 6.94. The zero-order valence-corrected chi connectivity index (χ0v) is 15.3. The van der Waals surface area contributed by atoms with Crippen molar-refractivity contribution in [1.82, 2.24) is 10.6 Å². The minimum atomic E-state index is -0.270. The molecule has 2 heterocycles. The average molecular weight is 366 g/mol. The molecule has 0 spiro atoms. The average Bonchev–Trinajstić information content (AvgIpc) is 2.99. The predicted octanol–water partition coefficient (Wildman–Crippen LogP) is 2.09. The lowest BCUT2D eigenvalue weighted by atomic mass is 9.87. The van der Waals surface area contributed by atoms with Gasteiger partial charge in [0, 0.05) is 24.1 Å². The third kappa shape index (κ3) is 3.17. The summed E-state index contributed by atoms with van der Waals surface area (Å²) in [7, 11) is 1.57. The molecule has 1 saturated heterocycles. The maximum atomic E-state index is 12.7. The fourth-order valence-corrected chi connectivity index (χ4v) is 3.65. The van der Waals surface area contributed by atoms with Gasteiger partial charge in [0.25, 0.3) is 11.8 Å². The molecule has 1 unspecified atom stereocenters. The molecule has 140 valence electrons. The number of hydrogen-bond acceptors (Lipinski definition) is 4. The van der Waals surface area contributed by atoms with Crippen LogP contribution in [-0.2, 0) is 4.74 Å². The maximum absolute atomic E-state index is 12.7. The van der Waals surface area contributed by atoms with Crippen molar-refractivity contribution in [3.05, 3.63) is 64.7 Å². The summed E-state index contributed by atoms with van der Waals surface area (Å²) in [6.45, 7) is 3.02. The first-order chi connectivity index (χ1) is 13.1. The zero-order chi connectivity index (χ0) is 19.0. The van der Waals surface area contributed by atoms with E-state index < -0.39 is 0 Å². The van der Waals surface area contributed by atoms with Gasteiger partial charge in [0.2, 0.25) is 0 Å². The van der Waals surface area contributed by atoms with Gasteiger partial charge in [0.05, 0.1) is 24.8 Å². The molecule has 2 aromatic rings. The van der Waals surface area contributed by atoms with E-state index in [2.05, 4.69) is 10.6 Å². The van der Waals surface area contributed by atoms with Gasteiger partial charge in [-0.3, -0.25) is 9.59 Å². The van der Waals surface area contributed by atoms with E-state index >= 15 is 0 Å². The van der Waals surface area contributed by atoms with Crippen molar-refractivity contribution in [2.24, 2.45) is 0 Å². The van der Waals surface area contributed by atoms with E-state index in [0.29, 0.717) is 30.1 Å². The Morgan fingerprint density at radius 3 is 2.44 bits per heavy atom. The Morgan fingerprint density at radius 2 is 1.81 bits per heavy atom. The van der Waals surface area contributed by atoms with Crippen LogP contribution in [0.2, 0.25) is 0 Å². The molecule has 2 atom stereocenters. The second-order valence-electron chi connectivity index (χ2n) is 6.94. The Bertz CT molecular complexity index is 877. The van der Waals surface area contributed by atoms with Gasteiger partial charge in [0.1, 0.15) is 11.9 Å². The zero-order valence-electron chi connectivity index (χ0n) is 15.3. The van der Waals surface area contributed by atoms with Gasteiger partial charge in [0.15, 0.2) is 0 Å². The molecular weight excluding hydrogens is 344 g/mol. The first kappa shape index (κ1) is 17.5. The van der Waals surface area contributed by atoms with Crippen molar-refractivity contribution in [2.45, 2.75) is 25.0 Å². The number of amides is 2. The second kappa shape index (κ2) is 7.04. The summed E-state index contributed by atoms with van der Waals surface area (Å²) in [5, 5.41) is 5.58. The first-order valence-electron chi connectivity index (χ1n) is 9.08. The minimum Gasteiger partial charge on any atom is -0.489 e. The molecule has 6 heteroatoms. The predicted molar refractivity (Wildman–Crippen MR) is 100 cm³/mol. The third-order valence-corrected chi connectivity index (χ3v) is 5.09. The van der Waals surface area contributed by atoms with E-state index in [9.17, 15) is 9.59 Å². The van der Waals surface area contributed by atoms with E-state index in [0.717, 1.165) is 11.1 Å². The quantitative estimate of drug-likeness (QED) is 0.869. The summed E-state index contributed by atoms with van der Waals surface area (Å²) in [5.41, 5.74) is 2.80. The Balaban J connectivity index is 1.78. The minimum absolute atomic E-state index is 0.0225. The van der Waals surface area contributed by atoms with Gasteiger partial charge in [-0.25, -0.2) is 0 Å². The summed E-state index contributed by atoms with van der Waals surface area (Å²) in [5.74, 6) is 0.0417. The number of rotatable bonds is 4. The Labute approximate surface area is 157 Å². The molecule has 0 bridgehead atoms. The molecule has 2 amide bonds. The number of nitrogens with one attached hydrogen (secondary N) is 2. The van der Waals surface area contributed by atoms with E-state index in [1.54, 1.807) is 13.1 Å². The molecular formula is C21H22N2O4. The van der Waals surface area contributed by atoms with Crippen LogP contribution in [0.5, 0.6) is 5.75 Å². The van der Waals surface area contributed by atoms with E-state index in [1.807, 2.05) is 43.3 Å². The van der Waals surface area contributed by atoms with Crippen LogP contribution in [-0.4, -0.2) is 44.2 Å². The molecule has 0 aliphatic carbocycles. The number of ether oxygens (including phenoxy) is 2. The Kier molecular flexibility index (Phi) is 4.58. The van der Waals surface area contributed by atoms with Gasteiger partial charge >= 0.3 is 0 Å². The van der Waals surface area contributed by atoms with E-state index in [4.69, 9.17) is 9.47 Å². The van der Waals surface area contributed by atoms with Crippen LogP contribution in [0.3, 0.4) is 0 Å². The highest BCUT2D eigenvalue weighted by molar-refractivity contribution is 6.02. The van der Waals surface area contributed by atoms with Crippen molar-refractivity contribution in [2.75, 3.05) is 20.3 Å². The summed E-state index contributed by atoms with van der Waals surface area (Å²) >= 11 is 0. The summed E-state index contributed by atoms with van der Waals surface area (Å²) in [6.07, 6.45) is -0.135. The molecule has 0 aromatic heterocycles. The van der Waals surface area contributed by atoms with Gasteiger partial charge in [-0.2, -0.15) is 0 Å². The Morgan fingerprint density at radius 1 is 1.07 bits per heavy atom. The molecule has 2 aliphatic heterocycles. The fourth-order valence-electron chi connectivity index (χ4n) is 3.65. The van der Waals surface area contributed by atoms with E-state index in [1.165, 1.54) is 0 Å². The molecule has 2 aliphatic rings. The summed E-state index contributed by atoms with van der Waals surface area (Å²) in [6, 6.07) is 13.5. The van der Waals surface area contributed by atoms with Gasteiger partial charge in [-0.1, -0.05) is 30.3 Å². The van der Waals surface area contributed by atoms with Crippen LogP contribution in [0, 0.1) is 0 Å². The number of hydrogen-bond donors (Lipinski definition) is 2. The highest BCUT2D eigenvalue weighted by Crippen LogP contribution is 2.44. The smallest absolute Gasteiger partial charge is 0.254 e. The number of fused-ring (bicyclic) bond motifs is 1. The van der Waals surface area contributed by atoms with Crippen LogP contribution in [0.1, 0.15) is 44.7 Å². The summed E-state index contributed by atoms with van der Waals surface area (Å²) in [4.78, 5) is 25.1. The molecule has 0 saturated carbocycles. The van der Waals surface area contributed by atoms with Crippen LogP contribution >= 0.6 is 0 Å². The number of benzene rings is 2. The van der Waals surface area contributed by atoms with Crippen LogP contribution < -0.4 is 15.4 Å². The molecule has 1 fully saturated rings. The lowest BCUT2D eigenvalue weighted by Gasteiger charge is -2.27. The standard InChI is InChI=1S/C21H22N2O4/c1-12-18(13-6-4-3-5-7-13)16-8-14(20(24)23-15-10-26-11-15)9-17(19(16)27-12)21(25)22-2/h3-9,12,15,18H,10-11H2,1-2H3,(H,22,25)(H,23,24)/t12?,18-/m0/s1. The van der Waals surface area contributed by atoms with Crippen molar-refractivity contribution < 1.29 is 19.1 Å². The van der Waals surface area contributed by atoms with E-state index in [-0.39, 0.29) is 29.9 Å². The van der Waals surface area contributed by atoms with Crippen molar-refractivity contribution in [1.29, 1.82) is 0 Å².